The third-order valence-electron chi connectivity index (χ3n) is 3.55. The van der Waals surface area contributed by atoms with Gasteiger partial charge in [-0.2, -0.15) is 0 Å². The molecular formula is C17H26N2O2. The van der Waals surface area contributed by atoms with Crippen molar-refractivity contribution < 1.29 is 9.59 Å². The van der Waals surface area contributed by atoms with Gasteiger partial charge >= 0.3 is 0 Å². The first-order valence-corrected chi connectivity index (χ1v) is 7.58. The molecule has 0 aliphatic heterocycles. The van der Waals surface area contributed by atoms with Gasteiger partial charge in [0.2, 0.25) is 11.8 Å². The molecule has 4 heteroatoms. The fraction of sp³-hybridized carbons (Fsp3) is 0.529. The number of aryl methyl sites for hydroxylation is 3. The summed E-state index contributed by atoms with van der Waals surface area (Å²) in [6.45, 7) is 9.20. The quantitative estimate of drug-likeness (QED) is 0.837. The first-order chi connectivity index (χ1) is 9.97. The van der Waals surface area contributed by atoms with E-state index in [1.165, 1.54) is 16.7 Å². The molecule has 1 rings (SSSR count). The van der Waals surface area contributed by atoms with Gasteiger partial charge < -0.3 is 10.2 Å². The van der Waals surface area contributed by atoms with E-state index < -0.39 is 0 Å². The molecule has 0 spiro atoms. The molecule has 1 N–H and O–H groups in total. The summed E-state index contributed by atoms with van der Waals surface area (Å²) in [6.07, 6.45) is 1.16. The summed E-state index contributed by atoms with van der Waals surface area (Å²) in [4.78, 5) is 25.4. The monoisotopic (exact) mass is 290 g/mol. The number of likely N-dealkylation sites (N-methyl/N-ethyl adjacent to an activating group) is 2. The van der Waals surface area contributed by atoms with Crippen molar-refractivity contribution in [3.8, 4) is 0 Å². The number of amides is 2. The number of rotatable bonds is 7. The zero-order chi connectivity index (χ0) is 15.8. The number of carbonyl (C=O) groups is 2. The van der Waals surface area contributed by atoms with E-state index >= 15 is 0 Å². The van der Waals surface area contributed by atoms with E-state index in [2.05, 4.69) is 37.4 Å². The topological polar surface area (TPSA) is 49.4 Å². The van der Waals surface area contributed by atoms with Crippen LogP contribution >= 0.6 is 0 Å². The van der Waals surface area contributed by atoms with Crippen LogP contribution in [0, 0.1) is 13.8 Å². The number of benzene rings is 1. The molecule has 0 atom stereocenters. The molecule has 0 aromatic heterocycles. The number of carbonyl (C=O) groups excluding carboxylic acids is 2. The number of nitrogens with zero attached hydrogens (tertiary/aromatic N) is 1. The molecule has 0 saturated heterocycles. The number of nitrogens with one attached hydrogen (secondary N) is 1. The Hall–Kier alpha value is -1.84. The van der Waals surface area contributed by atoms with Gasteiger partial charge in [-0.05, 0) is 45.2 Å². The average Bonchev–Trinajstić information content (AvgIpc) is 2.43. The minimum atomic E-state index is -0.0979. The molecule has 0 fully saturated rings. The van der Waals surface area contributed by atoms with E-state index in [9.17, 15) is 9.59 Å². The summed E-state index contributed by atoms with van der Waals surface area (Å²) >= 11 is 0. The van der Waals surface area contributed by atoms with Crippen molar-refractivity contribution in [2.24, 2.45) is 0 Å². The fourth-order valence-electron chi connectivity index (χ4n) is 2.33. The Balaban J connectivity index is 2.56. The van der Waals surface area contributed by atoms with Crippen LogP contribution in [-0.2, 0) is 16.0 Å². The molecule has 0 aliphatic carbocycles. The molecular weight excluding hydrogens is 264 g/mol. The highest BCUT2D eigenvalue weighted by Gasteiger charge is 2.15. The van der Waals surface area contributed by atoms with Gasteiger partial charge in [0.25, 0.3) is 0 Å². The van der Waals surface area contributed by atoms with Crippen LogP contribution in [0.3, 0.4) is 0 Å². The lowest BCUT2D eigenvalue weighted by molar-refractivity contribution is -0.135. The number of hydrogen-bond donors (Lipinski definition) is 1. The molecule has 0 unspecified atom stereocenters. The normalized spacial score (nSPS) is 10.3. The Labute approximate surface area is 127 Å². The third kappa shape index (κ3) is 5.58. The molecule has 1 aromatic carbocycles. The summed E-state index contributed by atoms with van der Waals surface area (Å²) in [7, 11) is 0. The Bertz CT molecular complexity index is 498. The Morgan fingerprint density at radius 3 is 2.48 bits per heavy atom. The van der Waals surface area contributed by atoms with E-state index in [1.54, 1.807) is 4.90 Å². The molecule has 0 heterocycles. The van der Waals surface area contributed by atoms with E-state index in [-0.39, 0.29) is 18.4 Å². The summed E-state index contributed by atoms with van der Waals surface area (Å²) in [6, 6.07) is 6.28. The first-order valence-electron chi connectivity index (χ1n) is 7.58. The lowest BCUT2D eigenvalue weighted by Gasteiger charge is -2.20. The SMILES string of the molecule is CCNC(=O)CN(CC)C(=O)CCc1ccc(C)cc1C. The van der Waals surface area contributed by atoms with Crippen LogP contribution in [0.15, 0.2) is 18.2 Å². The van der Waals surface area contributed by atoms with Crippen molar-refractivity contribution in [2.75, 3.05) is 19.6 Å². The largest absolute Gasteiger partial charge is 0.355 e. The molecule has 1 aromatic rings. The first kappa shape index (κ1) is 17.2. The summed E-state index contributed by atoms with van der Waals surface area (Å²) in [5, 5.41) is 2.72. The van der Waals surface area contributed by atoms with Gasteiger partial charge in [-0.3, -0.25) is 9.59 Å². The summed E-state index contributed by atoms with van der Waals surface area (Å²) < 4.78 is 0. The van der Waals surface area contributed by atoms with Gasteiger partial charge in [-0.15, -0.1) is 0 Å². The van der Waals surface area contributed by atoms with Gasteiger partial charge in [-0.1, -0.05) is 23.8 Å². The molecule has 0 aliphatic rings. The molecule has 0 radical (unpaired) electrons. The Kier molecular flexibility index (Phi) is 6.92. The molecule has 116 valence electrons. The van der Waals surface area contributed by atoms with Crippen LogP contribution in [0.5, 0.6) is 0 Å². The van der Waals surface area contributed by atoms with Gasteiger partial charge in [0, 0.05) is 19.5 Å². The van der Waals surface area contributed by atoms with Crippen molar-refractivity contribution in [2.45, 2.75) is 40.5 Å². The lowest BCUT2D eigenvalue weighted by Crippen LogP contribution is -2.40. The van der Waals surface area contributed by atoms with Crippen molar-refractivity contribution in [1.29, 1.82) is 0 Å². The van der Waals surface area contributed by atoms with Gasteiger partial charge in [0.1, 0.15) is 0 Å². The molecule has 4 nitrogen and oxygen atoms in total. The van der Waals surface area contributed by atoms with Gasteiger partial charge in [0.05, 0.1) is 6.54 Å². The zero-order valence-corrected chi connectivity index (χ0v) is 13.5. The lowest BCUT2D eigenvalue weighted by atomic mass is 10.0. The van der Waals surface area contributed by atoms with Crippen LogP contribution in [-0.4, -0.2) is 36.3 Å². The van der Waals surface area contributed by atoms with Crippen molar-refractivity contribution >= 4 is 11.8 Å². The van der Waals surface area contributed by atoms with Crippen molar-refractivity contribution in [1.82, 2.24) is 10.2 Å². The summed E-state index contributed by atoms with van der Waals surface area (Å²) in [5.74, 6) is -0.0667. The minimum absolute atomic E-state index is 0.0312. The van der Waals surface area contributed by atoms with Crippen LogP contribution in [0.2, 0.25) is 0 Å². The van der Waals surface area contributed by atoms with Gasteiger partial charge in [-0.25, -0.2) is 0 Å². The molecule has 21 heavy (non-hydrogen) atoms. The highest BCUT2D eigenvalue weighted by molar-refractivity contribution is 5.84. The maximum atomic E-state index is 12.2. The zero-order valence-electron chi connectivity index (χ0n) is 13.5. The van der Waals surface area contributed by atoms with Crippen LogP contribution in [0.25, 0.3) is 0 Å². The van der Waals surface area contributed by atoms with Crippen molar-refractivity contribution in [3.05, 3.63) is 34.9 Å². The maximum Gasteiger partial charge on any atom is 0.239 e. The smallest absolute Gasteiger partial charge is 0.239 e. The second-order valence-electron chi connectivity index (χ2n) is 5.29. The van der Waals surface area contributed by atoms with Gasteiger partial charge in [0.15, 0.2) is 0 Å². The predicted molar refractivity (Wildman–Crippen MR) is 85.2 cm³/mol. The Morgan fingerprint density at radius 1 is 1.19 bits per heavy atom. The van der Waals surface area contributed by atoms with E-state index in [0.717, 1.165) is 6.42 Å². The summed E-state index contributed by atoms with van der Waals surface area (Å²) in [5.41, 5.74) is 3.64. The molecule has 0 bridgehead atoms. The fourth-order valence-corrected chi connectivity index (χ4v) is 2.33. The van der Waals surface area contributed by atoms with E-state index in [4.69, 9.17) is 0 Å². The maximum absolute atomic E-state index is 12.2. The minimum Gasteiger partial charge on any atom is -0.355 e. The second-order valence-corrected chi connectivity index (χ2v) is 5.29. The van der Waals surface area contributed by atoms with Crippen LogP contribution < -0.4 is 5.32 Å². The highest BCUT2D eigenvalue weighted by atomic mass is 16.2. The van der Waals surface area contributed by atoms with E-state index in [1.807, 2.05) is 13.8 Å². The van der Waals surface area contributed by atoms with E-state index in [0.29, 0.717) is 19.5 Å². The average molecular weight is 290 g/mol. The standard InChI is InChI=1S/C17H26N2O2/c1-5-18-16(20)12-19(6-2)17(21)10-9-15-8-7-13(3)11-14(15)4/h7-8,11H,5-6,9-10,12H2,1-4H3,(H,18,20). The number of hydrogen-bond acceptors (Lipinski definition) is 2. The third-order valence-corrected chi connectivity index (χ3v) is 3.55. The second kappa shape index (κ2) is 8.45. The highest BCUT2D eigenvalue weighted by Crippen LogP contribution is 2.13. The molecule has 0 saturated carbocycles. The predicted octanol–water partition coefficient (Wildman–Crippen LogP) is 2.22. The Morgan fingerprint density at radius 2 is 1.90 bits per heavy atom. The van der Waals surface area contributed by atoms with Crippen molar-refractivity contribution in [3.63, 3.8) is 0 Å². The molecule has 2 amide bonds. The van der Waals surface area contributed by atoms with Crippen LogP contribution in [0.4, 0.5) is 0 Å². The van der Waals surface area contributed by atoms with Crippen LogP contribution in [0.1, 0.15) is 37.0 Å².